The highest BCUT2D eigenvalue weighted by molar-refractivity contribution is 7.80. The van der Waals surface area contributed by atoms with Crippen LogP contribution in [-0.2, 0) is 0 Å². The van der Waals surface area contributed by atoms with Crippen LogP contribution in [0, 0.1) is 10.1 Å². The topological polar surface area (TPSA) is 107 Å². The number of furan rings is 1. The lowest BCUT2D eigenvalue weighted by molar-refractivity contribution is -0.384. The van der Waals surface area contributed by atoms with Crippen LogP contribution < -0.4 is 15.4 Å². The summed E-state index contributed by atoms with van der Waals surface area (Å²) < 4.78 is 10.5. The van der Waals surface area contributed by atoms with Gasteiger partial charge in [0, 0.05) is 10.6 Å². The molecule has 2 aromatic carbocycles. The number of methoxy groups -OCH3 is 1. The van der Waals surface area contributed by atoms with Crippen LogP contribution in [0.15, 0.2) is 52.9 Å². The van der Waals surface area contributed by atoms with Gasteiger partial charge in [0.1, 0.15) is 17.2 Å². The molecule has 1 aromatic heterocycles. The Kier molecular flexibility index (Phi) is 6.56. The van der Waals surface area contributed by atoms with Gasteiger partial charge in [-0.3, -0.25) is 20.2 Å². The second-order valence-electron chi connectivity index (χ2n) is 5.84. The normalized spacial score (nSPS) is 10.4. The number of nitro benzene ring substituents is 1. The lowest BCUT2D eigenvalue weighted by Crippen LogP contribution is -2.34. The molecule has 11 heteroatoms. The molecule has 0 saturated carbocycles. The number of halogens is 2. The Morgan fingerprint density at radius 1 is 1.17 bits per heavy atom. The van der Waals surface area contributed by atoms with E-state index in [1.54, 1.807) is 24.3 Å². The molecule has 3 aromatic rings. The molecule has 0 aliphatic heterocycles. The number of nitro groups is 1. The zero-order chi connectivity index (χ0) is 21.8. The molecule has 0 aliphatic carbocycles. The first-order valence-electron chi connectivity index (χ1n) is 8.28. The number of rotatable bonds is 5. The number of nitrogens with one attached hydrogen (secondary N) is 2. The van der Waals surface area contributed by atoms with Crippen molar-refractivity contribution in [3.8, 4) is 17.1 Å². The van der Waals surface area contributed by atoms with Crippen LogP contribution in [-0.4, -0.2) is 23.1 Å². The molecule has 0 aliphatic rings. The molecule has 1 amide bonds. The molecule has 0 saturated heterocycles. The van der Waals surface area contributed by atoms with E-state index < -0.39 is 10.8 Å². The predicted molar refractivity (Wildman–Crippen MR) is 117 cm³/mol. The van der Waals surface area contributed by atoms with E-state index >= 15 is 0 Å². The monoisotopic (exact) mass is 465 g/mol. The van der Waals surface area contributed by atoms with Crippen LogP contribution in [0.25, 0.3) is 11.3 Å². The molecule has 0 radical (unpaired) electrons. The third-order valence-electron chi connectivity index (χ3n) is 3.90. The largest absolute Gasteiger partial charge is 0.496 e. The van der Waals surface area contributed by atoms with Crippen LogP contribution in [0.2, 0.25) is 10.0 Å². The van der Waals surface area contributed by atoms with Gasteiger partial charge in [-0.1, -0.05) is 23.2 Å². The minimum Gasteiger partial charge on any atom is -0.496 e. The standard InChI is InChI=1S/C19H13Cl2N3O5S/c1-28-11-3-5-14(15(9-11)24(26)27)22-19(30)23-18(25)17-7-6-16(29-17)12-4-2-10(20)8-13(12)21/h2-9H,1H3,(H2,22,23,25,30). The Morgan fingerprint density at radius 2 is 1.93 bits per heavy atom. The van der Waals surface area contributed by atoms with Gasteiger partial charge in [0.25, 0.3) is 11.6 Å². The minimum absolute atomic E-state index is 0.0237. The summed E-state index contributed by atoms with van der Waals surface area (Å²) in [5, 5.41) is 17.0. The van der Waals surface area contributed by atoms with E-state index in [1.807, 2.05) is 0 Å². The maximum atomic E-state index is 12.4. The number of nitrogens with zero attached hydrogens (tertiary/aromatic N) is 1. The van der Waals surface area contributed by atoms with Gasteiger partial charge in [-0.05, 0) is 54.7 Å². The molecule has 0 atom stereocenters. The van der Waals surface area contributed by atoms with Gasteiger partial charge >= 0.3 is 0 Å². The Hall–Kier alpha value is -3.14. The summed E-state index contributed by atoms with van der Waals surface area (Å²) in [6.07, 6.45) is 0. The lowest BCUT2D eigenvalue weighted by Gasteiger charge is -2.10. The number of hydrogen-bond donors (Lipinski definition) is 2. The van der Waals surface area contributed by atoms with Crippen molar-refractivity contribution < 1.29 is 18.9 Å². The molecule has 0 fully saturated rings. The predicted octanol–water partition coefficient (Wildman–Crippen LogP) is 5.30. The summed E-state index contributed by atoms with van der Waals surface area (Å²) in [4.78, 5) is 23.1. The van der Waals surface area contributed by atoms with Crippen molar-refractivity contribution in [2.24, 2.45) is 0 Å². The highest BCUT2D eigenvalue weighted by atomic mass is 35.5. The molecule has 1 heterocycles. The van der Waals surface area contributed by atoms with Crippen molar-refractivity contribution in [1.29, 1.82) is 0 Å². The van der Waals surface area contributed by atoms with Gasteiger partial charge in [0.05, 0.1) is 23.1 Å². The summed E-state index contributed by atoms with van der Waals surface area (Å²) in [6.45, 7) is 0. The van der Waals surface area contributed by atoms with E-state index in [-0.39, 0.29) is 22.2 Å². The molecule has 0 bridgehead atoms. The van der Waals surface area contributed by atoms with E-state index in [0.29, 0.717) is 27.1 Å². The molecular weight excluding hydrogens is 453 g/mol. The van der Waals surface area contributed by atoms with Crippen LogP contribution in [0.5, 0.6) is 5.75 Å². The van der Waals surface area contributed by atoms with Crippen molar-refractivity contribution in [3.63, 3.8) is 0 Å². The maximum absolute atomic E-state index is 12.4. The first kappa shape index (κ1) is 21.6. The van der Waals surface area contributed by atoms with Crippen molar-refractivity contribution in [1.82, 2.24) is 5.32 Å². The minimum atomic E-state index is -0.639. The van der Waals surface area contributed by atoms with Crippen molar-refractivity contribution in [3.05, 3.63) is 74.5 Å². The number of anilines is 1. The molecule has 3 rings (SSSR count). The fourth-order valence-corrected chi connectivity index (χ4v) is 3.21. The molecule has 30 heavy (non-hydrogen) atoms. The Bertz CT molecular complexity index is 1150. The first-order valence-corrected chi connectivity index (χ1v) is 9.45. The second kappa shape index (κ2) is 9.12. The van der Waals surface area contributed by atoms with Crippen LogP contribution in [0.4, 0.5) is 11.4 Å². The number of hydrogen-bond acceptors (Lipinski definition) is 6. The van der Waals surface area contributed by atoms with Gasteiger partial charge < -0.3 is 14.5 Å². The van der Waals surface area contributed by atoms with Gasteiger partial charge in [0.15, 0.2) is 10.9 Å². The zero-order valence-corrected chi connectivity index (χ0v) is 17.6. The number of thiocarbonyl (C=S) groups is 1. The van der Waals surface area contributed by atoms with Crippen LogP contribution in [0.3, 0.4) is 0 Å². The molecular formula is C19H13Cl2N3O5S. The van der Waals surface area contributed by atoms with E-state index in [1.165, 1.54) is 31.4 Å². The third-order valence-corrected chi connectivity index (χ3v) is 4.66. The molecule has 0 spiro atoms. The highest BCUT2D eigenvalue weighted by Crippen LogP contribution is 2.32. The quantitative estimate of drug-likeness (QED) is 0.299. The maximum Gasteiger partial charge on any atom is 0.296 e. The third kappa shape index (κ3) is 4.88. The molecule has 0 unspecified atom stereocenters. The van der Waals surface area contributed by atoms with Crippen molar-refractivity contribution in [2.45, 2.75) is 0 Å². The van der Waals surface area contributed by atoms with E-state index in [4.69, 9.17) is 44.6 Å². The molecule has 8 nitrogen and oxygen atoms in total. The van der Waals surface area contributed by atoms with E-state index in [0.717, 1.165) is 0 Å². The lowest BCUT2D eigenvalue weighted by atomic mass is 10.2. The second-order valence-corrected chi connectivity index (χ2v) is 7.09. The van der Waals surface area contributed by atoms with E-state index in [9.17, 15) is 14.9 Å². The average molecular weight is 466 g/mol. The number of benzene rings is 2. The molecule has 2 N–H and O–H groups in total. The molecule has 154 valence electrons. The van der Waals surface area contributed by atoms with Crippen molar-refractivity contribution in [2.75, 3.05) is 12.4 Å². The Labute approximate surface area is 185 Å². The Balaban J connectivity index is 1.72. The van der Waals surface area contributed by atoms with Gasteiger partial charge in [-0.2, -0.15) is 0 Å². The van der Waals surface area contributed by atoms with Gasteiger partial charge in [-0.15, -0.1) is 0 Å². The van der Waals surface area contributed by atoms with Gasteiger partial charge in [-0.25, -0.2) is 0 Å². The fourth-order valence-electron chi connectivity index (χ4n) is 2.51. The SMILES string of the molecule is COc1ccc(NC(=S)NC(=O)c2ccc(-c3ccc(Cl)cc3Cl)o2)c([N+](=O)[O-])c1. The number of carbonyl (C=O) groups is 1. The number of ether oxygens (including phenoxy) is 1. The summed E-state index contributed by atoms with van der Waals surface area (Å²) in [7, 11) is 1.39. The summed E-state index contributed by atoms with van der Waals surface area (Å²) in [6, 6.07) is 12.1. The van der Waals surface area contributed by atoms with Gasteiger partial charge in [0.2, 0.25) is 0 Å². The van der Waals surface area contributed by atoms with E-state index in [2.05, 4.69) is 10.6 Å². The van der Waals surface area contributed by atoms with Crippen LogP contribution >= 0.6 is 35.4 Å². The zero-order valence-electron chi connectivity index (χ0n) is 15.3. The smallest absolute Gasteiger partial charge is 0.296 e. The average Bonchev–Trinajstić information content (AvgIpc) is 3.18. The number of carbonyl (C=O) groups excluding carboxylic acids is 1. The Morgan fingerprint density at radius 3 is 2.60 bits per heavy atom. The van der Waals surface area contributed by atoms with Crippen molar-refractivity contribution >= 4 is 57.8 Å². The highest BCUT2D eigenvalue weighted by Gasteiger charge is 2.19. The summed E-state index contributed by atoms with van der Waals surface area (Å²) in [5.74, 6) is 0.0158. The van der Waals surface area contributed by atoms with Crippen LogP contribution in [0.1, 0.15) is 10.6 Å². The first-order chi connectivity index (χ1) is 14.3. The summed E-state index contributed by atoms with van der Waals surface area (Å²) in [5.41, 5.74) is 0.400. The summed E-state index contributed by atoms with van der Waals surface area (Å²) >= 11 is 17.1. The fraction of sp³-hybridized carbons (Fsp3) is 0.0526. The number of amides is 1.